The molecule has 2 heterocycles. The number of rotatable bonds is 73. The number of alkyl carbamates (subject to hydrolysis) is 1. The van der Waals surface area contributed by atoms with E-state index in [1.807, 2.05) is 119 Å². The summed E-state index contributed by atoms with van der Waals surface area (Å²) < 4.78 is 78.8. The van der Waals surface area contributed by atoms with Crippen LogP contribution in [0.2, 0.25) is 0 Å². The topological polar surface area (TPSA) is 458 Å². The SMILES string of the molecule is CC[C@H](C)[C@H](NC(=O)[C@H]1CCCC[N+]1(C)Cc1ccc(NC(=O)OCCOCCOCCOCCOCCOCCOCCOCCOCCOCCOCCOCCC(=O)NCCCC[C@H](NC(=O)OCC2c3ccccc3-c3ccccc32)C(=O)N[C@H](C(=O)N[C@@H](C)CCC(=O)O)C(C)C)cc1)C(=O)N(C)[C@H](C[C@@H](OC(C)=O)c1nc(C(=O)N[C@@H](Cc2ccccc2)C[C@H](C)C(=O)O)cs1)C(C)C. The number of amides is 8. The predicted molar refractivity (Wildman–Crippen MR) is 524 cm³/mol. The number of benzene rings is 4. The molecule has 1 aliphatic heterocycles. The first-order chi connectivity index (χ1) is 67.4. The second-order valence-electron chi connectivity index (χ2n) is 36.1. The zero-order chi connectivity index (χ0) is 101. The maximum absolute atomic E-state index is 14.9. The van der Waals surface area contributed by atoms with E-state index in [9.17, 15) is 57.8 Å². The van der Waals surface area contributed by atoms with Crippen LogP contribution < -0.4 is 37.2 Å². The number of carboxylic acid groups (broad SMARTS) is 2. The van der Waals surface area contributed by atoms with Gasteiger partial charge in [-0.3, -0.25) is 48.5 Å². The molecule has 1 saturated heterocycles. The standard InChI is InChI=1S/C102H152N10O27S/c1-12-72(6)93(99(121)111(10)87(70(2)3)66-89(139-75(9)113)98-107-86(69-140-98)95(118)105-79(64-73(7)100(122)123)65-76-24-14-13-15-25-76)110-96(119)88-31-21-23-40-112(88,11)67-77-33-35-78(36-34-77)106-101(124)137-63-62-136-61-60-135-59-58-134-57-56-133-55-54-132-53-52-131-51-50-130-49-48-129-47-46-128-45-44-127-43-42-126-41-38-90(114)103-39-22-20-30-85(94(117)109-92(71(4)5)97(120)104-74(8)32-37-91(115)116)108-102(125)138-68-84-82-28-18-16-26-80(82)81-27-17-19-29-83(81)84/h13-19,24-29,33-36,69-74,79,84-85,87-89,92-93H,12,20-23,30-32,37-68H2,1-11H3,(H8-,103,104,105,106,108,109,110,114,115,116,117,118,119,120,122,123,124,125)/p+1/t72-,73-,74-,79+,85-,87+,88+,89+,92-,93-,112?/m0/s1. The van der Waals surface area contributed by atoms with Crippen molar-refractivity contribution in [2.45, 2.75) is 207 Å². The number of likely N-dealkylation sites (tertiary alicyclic amines) is 1. The van der Waals surface area contributed by atoms with Crippen molar-refractivity contribution in [1.29, 1.82) is 0 Å². The van der Waals surface area contributed by atoms with E-state index in [1.165, 1.54) is 6.92 Å². The predicted octanol–water partition coefficient (Wildman–Crippen LogP) is 10.6. The minimum Gasteiger partial charge on any atom is -0.481 e. The van der Waals surface area contributed by atoms with Crippen LogP contribution in [-0.4, -0.2) is 318 Å². The summed E-state index contributed by atoms with van der Waals surface area (Å²) in [5.41, 5.74) is 6.72. The summed E-state index contributed by atoms with van der Waals surface area (Å²) in [7, 11) is 3.77. The van der Waals surface area contributed by atoms with Gasteiger partial charge in [0.05, 0.1) is 165 Å². The average Bonchev–Trinajstić information content (AvgIpc) is 1.60. The van der Waals surface area contributed by atoms with Gasteiger partial charge in [-0.2, -0.15) is 0 Å². The zero-order valence-corrected chi connectivity index (χ0v) is 84.3. The van der Waals surface area contributed by atoms with E-state index in [-0.39, 0.29) is 112 Å². The minimum atomic E-state index is -1.07. The van der Waals surface area contributed by atoms with Crippen LogP contribution in [0, 0.1) is 23.7 Å². The van der Waals surface area contributed by atoms with Crippen LogP contribution in [0.25, 0.3) is 11.1 Å². The van der Waals surface area contributed by atoms with Gasteiger partial charge < -0.3 is 118 Å². The number of anilines is 1. The van der Waals surface area contributed by atoms with Gasteiger partial charge in [-0.25, -0.2) is 14.6 Å². The van der Waals surface area contributed by atoms with Gasteiger partial charge in [0.15, 0.2) is 12.1 Å². The molecule has 0 saturated carbocycles. The highest BCUT2D eigenvalue weighted by molar-refractivity contribution is 7.09. The Kier molecular flexibility index (Phi) is 54.9. The van der Waals surface area contributed by atoms with Gasteiger partial charge in [0.1, 0.15) is 48.6 Å². The van der Waals surface area contributed by atoms with Crippen molar-refractivity contribution in [3.05, 3.63) is 141 Å². The third-order valence-electron chi connectivity index (χ3n) is 24.4. The molecule has 7 rings (SSSR count). The minimum absolute atomic E-state index is 0.0276. The largest absolute Gasteiger partial charge is 0.481 e. The van der Waals surface area contributed by atoms with E-state index < -0.39 is 102 Å². The third-order valence-corrected chi connectivity index (χ3v) is 25.3. The summed E-state index contributed by atoms with van der Waals surface area (Å²) in [5, 5.41) is 40.9. The lowest BCUT2D eigenvalue weighted by Crippen LogP contribution is -2.63. The van der Waals surface area contributed by atoms with Crippen LogP contribution >= 0.6 is 11.3 Å². The highest BCUT2D eigenvalue weighted by Crippen LogP contribution is 2.45. The fraction of sp³-hybridized carbons (Fsp3) is 0.627. The molecular weight excluding hydrogens is 1830 g/mol. The molecule has 1 aromatic heterocycles. The molecule has 1 aliphatic carbocycles. The Labute approximate surface area is 827 Å². The fourth-order valence-electron chi connectivity index (χ4n) is 16.4. The smallest absolute Gasteiger partial charge is 0.411 e. The van der Waals surface area contributed by atoms with Crippen LogP contribution in [-0.2, 0) is 118 Å². The lowest BCUT2D eigenvalue weighted by atomic mass is 9.92. The third kappa shape index (κ3) is 43.7. The van der Waals surface area contributed by atoms with Crippen molar-refractivity contribution in [2.24, 2.45) is 23.7 Å². The molecule has 1 fully saturated rings. The zero-order valence-electron chi connectivity index (χ0n) is 83.5. The number of nitrogens with zero attached hydrogens (tertiary/aromatic N) is 3. The molecule has 5 aromatic rings. The van der Waals surface area contributed by atoms with E-state index in [2.05, 4.69) is 49.2 Å². The number of carbonyl (C=O) groups excluding carboxylic acids is 9. The van der Waals surface area contributed by atoms with Gasteiger partial charge >= 0.3 is 30.1 Å². The second-order valence-corrected chi connectivity index (χ2v) is 37.0. The Hall–Kier alpha value is -10.2. The van der Waals surface area contributed by atoms with Crippen molar-refractivity contribution < 1.29 is 134 Å². The Balaban J connectivity index is 0.629. The summed E-state index contributed by atoms with van der Waals surface area (Å²) in [4.78, 5) is 151. The maximum Gasteiger partial charge on any atom is 0.411 e. The first kappa shape index (κ1) is 117. The van der Waals surface area contributed by atoms with E-state index in [4.69, 9.17) is 71.4 Å². The number of piperidine rings is 1. The molecule has 11 atom stereocenters. The van der Waals surface area contributed by atoms with Crippen LogP contribution in [0.3, 0.4) is 0 Å². The highest BCUT2D eigenvalue weighted by Gasteiger charge is 2.44. The number of likely N-dealkylation sites (N-methyl/N-ethyl adjacent to an activating group) is 2. The van der Waals surface area contributed by atoms with Gasteiger partial charge in [0, 0.05) is 86.9 Å². The lowest BCUT2D eigenvalue weighted by Gasteiger charge is -2.44. The maximum atomic E-state index is 14.9. The van der Waals surface area contributed by atoms with E-state index in [0.29, 0.717) is 193 Å². The van der Waals surface area contributed by atoms with Gasteiger partial charge in [-0.05, 0) is 116 Å². The molecule has 140 heavy (non-hydrogen) atoms. The number of hydrogen-bond donors (Lipinski definition) is 9. The Bertz CT molecular complexity index is 4470. The number of esters is 1. The van der Waals surface area contributed by atoms with Crippen LogP contribution in [0.4, 0.5) is 15.3 Å². The number of thiazole rings is 1. The highest BCUT2D eigenvalue weighted by atomic mass is 32.1. The molecule has 2 aliphatic rings. The lowest BCUT2D eigenvalue weighted by molar-refractivity contribution is -0.942. The van der Waals surface area contributed by atoms with Crippen LogP contribution in [0.1, 0.15) is 189 Å². The van der Waals surface area contributed by atoms with Crippen molar-refractivity contribution in [3.63, 3.8) is 0 Å². The quantitative estimate of drug-likeness (QED) is 0.00755. The normalized spacial score (nSPS) is 15.9. The van der Waals surface area contributed by atoms with Crippen molar-refractivity contribution in [3.8, 4) is 11.1 Å². The summed E-state index contributed by atoms with van der Waals surface area (Å²) in [6.45, 7) is 25.6. The molecule has 0 spiro atoms. The first-order valence-corrected chi connectivity index (χ1v) is 50.0. The van der Waals surface area contributed by atoms with Crippen molar-refractivity contribution in [1.82, 2.24) is 41.8 Å². The monoisotopic (exact) mass is 1980 g/mol. The van der Waals surface area contributed by atoms with Gasteiger partial charge in [-0.15, -0.1) is 11.3 Å². The molecule has 0 bridgehead atoms. The number of carbonyl (C=O) groups is 11. The van der Waals surface area contributed by atoms with Gasteiger partial charge in [0.2, 0.25) is 23.6 Å². The summed E-state index contributed by atoms with van der Waals surface area (Å²) >= 11 is 1.15. The van der Waals surface area contributed by atoms with E-state index in [1.54, 1.807) is 57.2 Å². The molecule has 9 N–H and O–H groups in total. The molecule has 1 unspecified atom stereocenters. The number of quaternary nitrogens is 1. The average molecular weight is 1980 g/mol. The number of unbranched alkanes of at least 4 members (excludes halogenated alkanes) is 1. The molecule has 8 amide bonds. The molecule has 38 heteroatoms. The molecule has 37 nitrogen and oxygen atoms in total. The number of hydrogen-bond acceptors (Lipinski definition) is 27. The Morgan fingerprint density at radius 1 is 0.536 bits per heavy atom. The molecule has 0 radical (unpaired) electrons. The molecular formula is C102H153N10O27S+. The number of nitrogens with one attached hydrogen (secondary N) is 7. The number of aromatic nitrogens is 1. The van der Waals surface area contributed by atoms with E-state index in [0.717, 1.165) is 64.1 Å². The molecule has 4 aromatic carbocycles. The van der Waals surface area contributed by atoms with Crippen molar-refractivity contribution >= 4 is 82.6 Å². The summed E-state index contributed by atoms with van der Waals surface area (Å²) in [6.07, 6.45) is 2.70. The Morgan fingerprint density at radius 2 is 1.06 bits per heavy atom. The van der Waals surface area contributed by atoms with Gasteiger partial charge in [-0.1, -0.05) is 146 Å². The first-order valence-electron chi connectivity index (χ1n) is 49.1. The summed E-state index contributed by atoms with van der Waals surface area (Å²) in [5.74, 6) is -6.43. The molecule has 778 valence electrons. The van der Waals surface area contributed by atoms with E-state index >= 15 is 0 Å². The summed E-state index contributed by atoms with van der Waals surface area (Å²) in [6, 6.07) is 28.0. The number of fused-ring (bicyclic) bond motifs is 3. The van der Waals surface area contributed by atoms with Crippen LogP contribution in [0.15, 0.2) is 109 Å². The fourth-order valence-corrected chi connectivity index (χ4v) is 17.2. The second kappa shape index (κ2) is 65.8. The number of carboxylic acids is 2. The number of ether oxygens (including phenoxy) is 14. The van der Waals surface area contributed by atoms with Crippen LogP contribution in [0.5, 0.6) is 0 Å². The Morgan fingerprint density at radius 3 is 1.58 bits per heavy atom. The van der Waals surface area contributed by atoms with Crippen molar-refractivity contribution in [2.75, 3.05) is 191 Å². The van der Waals surface area contributed by atoms with Gasteiger partial charge in [0.25, 0.3) is 11.8 Å². The number of aliphatic carboxylic acids is 2.